The van der Waals surface area contributed by atoms with Crippen molar-refractivity contribution in [2.24, 2.45) is 0 Å². The second-order valence-corrected chi connectivity index (χ2v) is 7.90. The first-order valence-corrected chi connectivity index (χ1v) is 9.61. The zero-order chi connectivity index (χ0) is 15.5. The molecule has 0 spiro atoms. The number of thioether (sulfide) groups is 1. The third-order valence-corrected chi connectivity index (χ3v) is 6.60. The minimum atomic E-state index is 0.0947. The van der Waals surface area contributed by atoms with Gasteiger partial charge >= 0.3 is 0 Å². The molecule has 22 heavy (non-hydrogen) atoms. The summed E-state index contributed by atoms with van der Waals surface area (Å²) in [7, 11) is 2.16. The molecule has 7 heteroatoms. The van der Waals surface area contributed by atoms with Gasteiger partial charge in [-0.25, -0.2) is 0 Å². The maximum absolute atomic E-state index is 12.3. The summed E-state index contributed by atoms with van der Waals surface area (Å²) in [6.07, 6.45) is 0.438. The molecular weight excluding hydrogens is 318 g/mol. The Morgan fingerprint density at radius 3 is 2.86 bits per heavy atom. The molecule has 2 saturated heterocycles. The van der Waals surface area contributed by atoms with E-state index in [4.69, 9.17) is 0 Å². The fourth-order valence-corrected chi connectivity index (χ4v) is 5.07. The highest BCUT2D eigenvalue weighted by atomic mass is 32.2. The van der Waals surface area contributed by atoms with Crippen molar-refractivity contribution in [1.29, 1.82) is 0 Å². The van der Waals surface area contributed by atoms with Crippen molar-refractivity contribution >= 4 is 34.9 Å². The monoisotopic (exact) mass is 340 g/mol. The first kappa shape index (κ1) is 15.8. The smallest absolute Gasteiger partial charge is 0.233 e. The Morgan fingerprint density at radius 1 is 1.41 bits per heavy atom. The number of amides is 2. The predicted molar refractivity (Wildman–Crippen MR) is 89.0 cm³/mol. The first-order valence-electron chi connectivity index (χ1n) is 7.68. The molecule has 3 rings (SSSR count). The van der Waals surface area contributed by atoms with Crippen molar-refractivity contribution < 1.29 is 14.5 Å². The van der Waals surface area contributed by atoms with Crippen LogP contribution in [0, 0.1) is 0 Å². The predicted octanol–water partition coefficient (Wildman–Crippen LogP) is 0.0691. The van der Waals surface area contributed by atoms with Crippen LogP contribution in [0.1, 0.15) is 16.7 Å². The van der Waals surface area contributed by atoms with Crippen molar-refractivity contribution in [2.75, 3.05) is 45.5 Å². The van der Waals surface area contributed by atoms with E-state index in [1.165, 1.54) is 9.78 Å². The fourth-order valence-electron chi connectivity index (χ4n) is 2.88. The largest absolute Gasteiger partial charge is 0.334 e. The number of hydrogen-bond donors (Lipinski definition) is 1. The number of nitrogens with zero attached hydrogens (tertiary/aromatic N) is 2. The van der Waals surface area contributed by atoms with Gasteiger partial charge in [0.15, 0.2) is 0 Å². The van der Waals surface area contributed by atoms with Gasteiger partial charge in [-0.3, -0.25) is 9.59 Å². The standard InChI is InChI=1S/C15H21N3O2S2/c1-16-6-8-17(9-7-16)13(19)4-5-18-14(20)11-22-15(18)12-3-2-10-21-12/h2-3,10,15H,4-9,11H2,1H3/p+1/t15-/m0/s1. The summed E-state index contributed by atoms with van der Waals surface area (Å²) in [5.74, 6) is 0.857. The third-order valence-electron chi connectivity index (χ3n) is 4.29. The molecule has 0 aromatic carbocycles. The van der Waals surface area contributed by atoms with E-state index in [1.807, 2.05) is 21.2 Å². The number of piperazine rings is 1. The van der Waals surface area contributed by atoms with E-state index in [1.54, 1.807) is 23.1 Å². The number of likely N-dealkylation sites (N-methyl/N-ethyl adjacent to an activating group) is 1. The minimum absolute atomic E-state index is 0.0947. The molecule has 1 atom stereocenters. The lowest BCUT2D eigenvalue weighted by Crippen LogP contribution is -3.12. The van der Waals surface area contributed by atoms with Gasteiger partial charge in [-0.05, 0) is 11.4 Å². The number of nitrogens with one attached hydrogen (secondary N) is 1. The molecule has 1 aromatic rings. The molecule has 5 nitrogen and oxygen atoms in total. The number of carbonyl (C=O) groups excluding carboxylic acids is 2. The van der Waals surface area contributed by atoms with Gasteiger partial charge in [0.25, 0.3) is 0 Å². The molecule has 2 amide bonds. The van der Waals surface area contributed by atoms with Crippen molar-refractivity contribution in [1.82, 2.24) is 9.80 Å². The lowest BCUT2D eigenvalue weighted by atomic mass is 10.2. The van der Waals surface area contributed by atoms with Crippen molar-refractivity contribution in [3.63, 3.8) is 0 Å². The van der Waals surface area contributed by atoms with E-state index in [9.17, 15) is 9.59 Å². The summed E-state index contributed by atoms with van der Waals surface area (Å²) in [5, 5.41) is 2.13. The highest BCUT2D eigenvalue weighted by Crippen LogP contribution is 2.40. The molecule has 0 aliphatic carbocycles. The molecule has 0 radical (unpaired) electrons. The normalized spacial score (nSPS) is 23.3. The minimum Gasteiger partial charge on any atom is -0.334 e. The van der Waals surface area contributed by atoms with Crippen LogP contribution in [0.4, 0.5) is 0 Å². The number of carbonyl (C=O) groups is 2. The Hall–Kier alpha value is -1.05. The van der Waals surface area contributed by atoms with E-state index in [0.717, 1.165) is 26.2 Å². The molecule has 0 bridgehead atoms. The zero-order valence-corrected chi connectivity index (χ0v) is 14.4. The van der Waals surface area contributed by atoms with Crippen LogP contribution in [-0.4, -0.2) is 67.1 Å². The third kappa shape index (κ3) is 3.47. The van der Waals surface area contributed by atoms with Crippen molar-refractivity contribution in [2.45, 2.75) is 11.8 Å². The van der Waals surface area contributed by atoms with Crippen molar-refractivity contribution in [3.05, 3.63) is 22.4 Å². The van der Waals surface area contributed by atoms with Gasteiger partial charge in [0.1, 0.15) is 5.37 Å². The Kier molecular flexibility index (Phi) is 5.05. The van der Waals surface area contributed by atoms with E-state index in [0.29, 0.717) is 18.7 Å². The van der Waals surface area contributed by atoms with Crippen LogP contribution in [0.2, 0.25) is 0 Å². The average Bonchev–Trinajstić information content (AvgIpc) is 3.15. The fraction of sp³-hybridized carbons (Fsp3) is 0.600. The van der Waals surface area contributed by atoms with Crippen LogP contribution < -0.4 is 4.90 Å². The second kappa shape index (κ2) is 7.02. The van der Waals surface area contributed by atoms with Gasteiger partial charge < -0.3 is 14.7 Å². The van der Waals surface area contributed by atoms with Crippen LogP contribution in [0.15, 0.2) is 17.5 Å². The van der Waals surface area contributed by atoms with Crippen LogP contribution in [0.25, 0.3) is 0 Å². The number of rotatable bonds is 4. The molecule has 3 heterocycles. The molecule has 2 aliphatic rings. The zero-order valence-electron chi connectivity index (χ0n) is 12.8. The second-order valence-electron chi connectivity index (χ2n) is 5.85. The summed E-state index contributed by atoms with van der Waals surface area (Å²) >= 11 is 3.34. The van der Waals surface area contributed by atoms with Gasteiger partial charge in [0.2, 0.25) is 11.8 Å². The van der Waals surface area contributed by atoms with Crippen LogP contribution in [0.3, 0.4) is 0 Å². The number of hydrogen-bond acceptors (Lipinski definition) is 4. The molecule has 2 aliphatic heterocycles. The lowest BCUT2D eigenvalue weighted by molar-refractivity contribution is -0.883. The van der Waals surface area contributed by atoms with E-state index >= 15 is 0 Å². The Morgan fingerprint density at radius 2 is 2.18 bits per heavy atom. The summed E-state index contributed by atoms with van der Waals surface area (Å²) < 4.78 is 0. The molecular formula is C15H22N3O2S2+. The van der Waals surface area contributed by atoms with E-state index in [2.05, 4.69) is 13.1 Å². The molecule has 1 N–H and O–H groups in total. The summed E-state index contributed by atoms with van der Waals surface area (Å²) in [6, 6.07) is 4.08. The number of thiophene rings is 1. The molecule has 2 fully saturated rings. The SMILES string of the molecule is C[NH+]1CCN(C(=O)CCN2C(=O)CS[C@H]2c2cccs2)CC1. The molecule has 120 valence electrons. The summed E-state index contributed by atoms with van der Waals surface area (Å²) in [4.78, 5) is 30.9. The summed E-state index contributed by atoms with van der Waals surface area (Å²) in [5.41, 5.74) is 0. The van der Waals surface area contributed by atoms with Gasteiger partial charge in [-0.15, -0.1) is 23.1 Å². The first-order chi connectivity index (χ1) is 10.6. The molecule has 1 aromatic heterocycles. The van der Waals surface area contributed by atoms with Gasteiger partial charge in [-0.1, -0.05) is 6.07 Å². The quantitative estimate of drug-likeness (QED) is 0.844. The lowest BCUT2D eigenvalue weighted by Gasteiger charge is -2.31. The topological polar surface area (TPSA) is 45.1 Å². The molecule has 0 saturated carbocycles. The van der Waals surface area contributed by atoms with Gasteiger partial charge in [0, 0.05) is 17.8 Å². The Balaban J connectivity index is 1.55. The van der Waals surface area contributed by atoms with Gasteiger partial charge in [-0.2, -0.15) is 0 Å². The maximum Gasteiger partial charge on any atom is 0.233 e. The maximum atomic E-state index is 12.3. The Bertz CT molecular complexity index is 527. The van der Waals surface area contributed by atoms with Crippen molar-refractivity contribution in [3.8, 4) is 0 Å². The van der Waals surface area contributed by atoms with E-state index in [-0.39, 0.29) is 17.2 Å². The summed E-state index contributed by atoms with van der Waals surface area (Å²) in [6.45, 7) is 4.24. The number of quaternary nitrogens is 1. The highest BCUT2D eigenvalue weighted by Gasteiger charge is 2.34. The highest BCUT2D eigenvalue weighted by molar-refractivity contribution is 8.00. The van der Waals surface area contributed by atoms with Crippen LogP contribution in [0.5, 0.6) is 0 Å². The van der Waals surface area contributed by atoms with Crippen LogP contribution >= 0.6 is 23.1 Å². The average molecular weight is 340 g/mol. The molecule has 0 unspecified atom stereocenters. The van der Waals surface area contributed by atoms with E-state index < -0.39 is 0 Å². The van der Waals surface area contributed by atoms with Gasteiger partial charge in [0.05, 0.1) is 39.0 Å². The Labute approximate surface area is 139 Å². The van der Waals surface area contributed by atoms with Crippen LogP contribution in [-0.2, 0) is 9.59 Å².